The largest absolute Gasteiger partial charge is 0.376 e. The van der Waals surface area contributed by atoms with Crippen LogP contribution in [0.15, 0.2) is 24.0 Å². The summed E-state index contributed by atoms with van der Waals surface area (Å²) in [6.07, 6.45) is 13.8. The number of carbonyl (C=O) groups is 1. The highest BCUT2D eigenvalue weighted by Crippen LogP contribution is 2.19. The number of rotatable bonds is 7. The molecule has 1 aliphatic carbocycles. The van der Waals surface area contributed by atoms with E-state index in [1.165, 1.54) is 31.3 Å². The summed E-state index contributed by atoms with van der Waals surface area (Å²) in [6, 6.07) is 0. The molecule has 1 unspecified atom stereocenters. The van der Waals surface area contributed by atoms with Crippen LogP contribution in [-0.4, -0.2) is 41.7 Å². The second kappa shape index (κ2) is 8.78. The summed E-state index contributed by atoms with van der Waals surface area (Å²) in [6.45, 7) is 2.17. The number of aromatic nitrogens is 2. The van der Waals surface area contributed by atoms with Crippen molar-refractivity contribution in [3.63, 3.8) is 0 Å². The smallest absolute Gasteiger partial charge is 0.254 e. The second-order valence-corrected chi connectivity index (χ2v) is 6.43. The number of allylic oxidation sites excluding steroid dienone is 1. The molecule has 6 nitrogen and oxygen atoms in total. The Balaban J connectivity index is 1.40. The number of anilines is 1. The maximum Gasteiger partial charge on any atom is 0.254 e. The Hall–Kier alpha value is -1.95. The van der Waals surface area contributed by atoms with Crippen LogP contribution in [0.25, 0.3) is 0 Å². The summed E-state index contributed by atoms with van der Waals surface area (Å²) in [5.74, 6) is 0.423. The van der Waals surface area contributed by atoms with Gasteiger partial charge in [0.1, 0.15) is 0 Å². The highest BCUT2D eigenvalue weighted by atomic mass is 16.5. The maximum atomic E-state index is 12.1. The Kier molecular flexibility index (Phi) is 6.18. The minimum atomic E-state index is -0.149. The van der Waals surface area contributed by atoms with E-state index >= 15 is 0 Å². The standard InChI is InChI=1S/C18H26N4O2/c23-17(20-13-16-7-4-10-24-16)15-11-21-18(22-12-15)19-9-8-14-5-2-1-3-6-14/h5,11-12,16H,1-4,6-10,13H2,(H,20,23)(H,19,21,22). The van der Waals surface area contributed by atoms with E-state index in [1.807, 2.05) is 0 Å². The lowest BCUT2D eigenvalue weighted by atomic mass is 9.97. The number of carbonyl (C=O) groups excluding carboxylic acids is 1. The van der Waals surface area contributed by atoms with Crippen LogP contribution in [0.5, 0.6) is 0 Å². The average Bonchev–Trinajstić information content (AvgIpc) is 3.15. The van der Waals surface area contributed by atoms with Gasteiger partial charge < -0.3 is 15.4 Å². The molecule has 3 rings (SSSR count). The van der Waals surface area contributed by atoms with Crippen molar-refractivity contribution in [2.24, 2.45) is 0 Å². The van der Waals surface area contributed by atoms with Crippen molar-refractivity contribution in [1.82, 2.24) is 15.3 Å². The molecule has 1 aliphatic heterocycles. The highest BCUT2D eigenvalue weighted by molar-refractivity contribution is 5.93. The maximum absolute atomic E-state index is 12.1. The van der Waals surface area contributed by atoms with Gasteiger partial charge in [-0.1, -0.05) is 11.6 Å². The van der Waals surface area contributed by atoms with Crippen molar-refractivity contribution in [2.45, 2.75) is 51.0 Å². The van der Waals surface area contributed by atoms with E-state index in [9.17, 15) is 4.79 Å². The van der Waals surface area contributed by atoms with Gasteiger partial charge in [0.2, 0.25) is 5.95 Å². The van der Waals surface area contributed by atoms with Crippen LogP contribution in [-0.2, 0) is 4.74 Å². The molecule has 1 aromatic rings. The molecular weight excluding hydrogens is 304 g/mol. The Morgan fingerprint density at radius 1 is 1.25 bits per heavy atom. The minimum absolute atomic E-state index is 0.143. The third kappa shape index (κ3) is 5.03. The van der Waals surface area contributed by atoms with Gasteiger partial charge >= 0.3 is 0 Å². The van der Waals surface area contributed by atoms with Crippen LogP contribution in [0.3, 0.4) is 0 Å². The summed E-state index contributed by atoms with van der Waals surface area (Å²) >= 11 is 0. The number of ether oxygens (including phenoxy) is 1. The molecule has 2 heterocycles. The molecule has 24 heavy (non-hydrogen) atoms. The summed E-state index contributed by atoms with van der Waals surface area (Å²) in [5.41, 5.74) is 2.01. The van der Waals surface area contributed by atoms with Crippen LogP contribution < -0.4 is 10.6 Å². The number of hydrogen-bond donors (Lipinski definition) is 2. The van der Waals surface area contributed by atoms with E-state index in [0.717, 1.165) is 32.4 Å². The highest BCUT2D eigenvalue weighted by Gasteiger charge is 2.17. The predicted octanol–water partition coefficient (Wildman–Crippen LogP) is 2.69. The second-order valence-electron chi connectivity index (χ2n) is 6.43. The molecule has 0 spiro atoms. The molecule has 1 aromatic heterocycles. The van der Waals surface area contributed by atoms with Gasteiger partial charge in [-0.05, 0) is 44.9 Å². The van der Waals surface area contributed by atoms with E-state index in [-0.39, 0.29) is 12.0 Å². The fraction of sp³-hybridized carbons (Fsp3) is 0.611. The number of nitrogens with one attached hydrogen (secondary N) is 2. The lowest BCUT2D eigenvalue weighted by Gasteiger charge is -2.13. The van der Waals surface area contributed by atoms with Crippen molar-refractivity contribution >= 4 is 11.9 Å². The zero-order valence-electron chi connectivity index (χ0n) is 14.1. The van der Waals surface area contributed by atoms with Crippen LogP contribution >= 0.6 is 0 Å². The Bertz CT molecular complexity index is 565. The Labute approximate surface area is 143 Å². The Morgan fingerprint density at radius 3 is 2.83 bits per heavy atom. The van der Waals surface area contributed by atoms with Crippen molar-refractivity contribution in [2.75, 3.05) is 25.0 Å². The third-order valence-electron chi connectivity index (χ3n) is 4.54. The van der Waals surface area contributed by atoms with Crippen LogP contribution in [0.4, 0.5) is 5.95 Å². The van der Waals surface area contributed by atoms with Gasteiger partial charge in [-0.15, -0.1) is 0 Å². The normalized spacial score (nSPS) is 20.5. The van der Waals surface area contributed by atoms with Gasteiger partial charge in [0, 0.05) is 32.1 Å². The van der Waals surface area contributed by atoms with Crippen LogP contribution in [0, 0.1) is 0 Å². The molecule has 2 N–H and O–H groups in total. The van der Waals surface area contributed by atoms with Gasteiger partial charge in [0.05, 0.1) is 11.7 Å². The lowest BCUT2D eigenvalue weighted by Crippen LogP contribution is -2.31. The third-order valence-corrected chi connectivity index (χ3v) is 4.54. The number of hydrogen-bond acceptors (Lipinski definition) is 5. The van der Waals surface area contributed by atoms with Crippen molar-refractivity contribution in [1.29, 1.82) is 0 Å². The molecular formula is C18H26N4O2. The first-order chi connectivity index (χ1) is 11.8. The van der Waals surface area contributed by atoms with Gasteiger partial charge in [-0.3, -0.25) is 4.79 Å². The molecule has 6 heteroatoms. The first-order valence-electron chi connectivity index (χ1n) is 8.95. The van der Waals surface area contributed by atoms with Crippen molar-refractivity contribution < 1.29 is 9.53 Å². The molecule has 1 fully saturated rings. The van der Waals surface area contributed by atoms with E-state index in [1.54, 1.807) is 12.4 Å². The van der Waals surface area contributed by atoms with Gasteiger partial charge in [0.25, 0.3) is 5.91 Å². The Morgan fingerprint density at radius 2 is 2.12 bits per heavy atom. The van der Waals surface area contributed by atoms with Crippen molar-refractivity contribution in [3.05, 3.63) is 29.6 Å². The fourth-order valence-electron chi connectivity index (χ4n) is 3.12. The molecule has 2 aliphatic rings. The monoisotopic (exact) mass is 330 g/mol. The summed E-state index contributed by atoms with van der Waals surface area (Å²) in [7, 11) is 0. The molecule has 0 aromatic carbocycles. The molecule has 130 valence electrons. The van der Waals surface area contributed by atoms with Crippen LogP contribution in [0.2, 0.25) is 0 Å². The quantitative estimate of drug-likeness (QED) is 0.752. The van der Waals surface area contributed by atoms with Gasteiger partial charge in [-0.25, -0.2) is 9.97 Å². The van der Waals surface area contributed by atoms with Crippen molar-refractivity contribution in [3.8, 4) is 0 Å². The topological polar surface area (TPSA) is 76.1 Å². The summed E-state index contributed by atoms with van der Waals surface area (Å²) in [5, 5.41) is 6.09. The molecule has 1 amide bonds. The van der Waals surface area contributed by atoms with E-state index in [0.29, 0.717) is 18.1 Å². The lowest BCUT2D eigenvalue weighted by molar-refractivity contribution is 0.0857. The molecule has 0 saturated carbocycles. The van der Waals surface area contributed by atoms with Gasteiger partial charge in [-0.2, -0.15) is 0 Å². The zero-order chi connectivity index (χ0) is 16.6. The van der Waals surface area contributed by atoms with E-state index in [2.05, 4.69) is 26.7 Å². The summed E-state index contributed by atoms with van der Waals surface area (Å²) in [4.78, 5) is 20.5. The SMILES string of the molecule is O=C(NCC1CCCO1)c1cnc(NCCC2=CCCCC2)nc1. The minimum Gasteiger partial charge on any atom is -0.376 e. The molecule has 0 bridgehead atoms. The first kappa shape index (κ1) is 16.9. The first-order valence-corrected chi connectivity index (χ1v) is 8.95. The van der Waals surface area contributed by atoms with Gasteiger partial charge in [0.15, 0.2) is 0 Å². The van der Waals surface area contributed by atoms with E-state index < -0.39 is 0 Å². The molecule has 0 radical (unpaired) electrons. The predicted molar refractivity (Wildman–Crippen MR) is 93.0 cm³/mol. The number of nitrogens with zero attached hydrogens (tertiary/aromatic N) is 2. The fourth-order valence-corrected chi connectivity index (χ4v) is 3.12. The zero-order valence-corrected chi connectivity index (χ0v) is 14.1. The number of amides is 1. The molecule has 1 saturated heterocycles. The summed E-state index contributed by atoms with van der Waals surface area (Å²) < 4.78 is 5.49. The van der Waals surface area contributed by atoms with Crippen LogP contribution in [0.1, 0.15) is 55.3 Å². The average molecular weight is 330 g/mol. The molecule has 1 atom stereocenters. The van der Waals surface area contributed by atoms with E-state index in [4.69, 9.17) is 4.74 Å².